The molecule has 0 fully saturated rings. The Morgan fingerprint density at radius 3 is 2.60 bits per heavy atom. The highest BCUT2D eigenvalue weighted by Gasteiger charge is 2.15. The number of aryl methyl sites for hydroxylation is 1. The van der Waals surface area contributed by atoms with Crippen molar-refractivity contribution in [2.24, 2.45) is 5.41 Å². The predicted molar refractivity (Wildman–Crippen MR) is 90.3 cm³/mol. The molecule has 4 heteroatoms. The number of nitrogens with zero attached hydrogens (tertiary/aromatic N) is 1. The summed E-state index contributed by atoms with van der Waals surface area (Å²) in [5, 5.41) is 9.75. The minimum absolute atomic E-state index is 0.228. The van der Waals surface area contributed by atoms with E-state index in [4.69, 9.17) is 10.00 Å². The summed E-state index contributed by atoms with van der Waals surface area (Å²) in [7, 11) is 0. The maximum Gasteiger partial charge on any atom is 0.126 e. The van der Waals surface area contributed by atoms with Crippen molar-refractivity contribution in [3.8, 4) is 11.8 Å². The van der Waals surface area contributed by atoms with Crippen LogP contribution in [0.2, 0.25) is 0 Å². The molecule has 20 heavy (non-hydrogen) atoms. The lowest BCUT2D eigenvalue weighted by Crippen LogP contribution is -2.08. The SMILES string of the molecule is Cc1cc(Br)cc(CBr)c1OCCCCC(C)(C)C#N. The Labute approximate surface area is 138 Å². The largest absolute Gasteiger partial charge is 0.493 e. The van der Waals surface area contributed by atoms with Gasteiger partial charge in [-0.3, -0.25) is 0 Å². The second-order valence-electron chi connectivity index (χ2n) is 5.65. The Morgan fingerprint density at radius 1 is 1.30 bits per heavy atom. The maximum atomic E-state index is 8.97. The Bertz CT molecular complexity index is 492. The third-order valence-electron chi connectivity index (χ3n) is 3.21. The number of ether oxygens (including phenoxy) is 1. The average molecular weight is 403 g/mol. The van der Waals surface area contributed by atoms with Crippen molar-refractivity contribution in [3.63, 3.8) is 0 Å². The fourth-order valence-electron chi connectivity index (χ4n) is 2.00. The lowest BCUT2D eigenvalue weighted by molar-refractivity contribution is 0.291. The fraction of sp³-hybridized carbons (Fsp3) is 0.562. The topological polar surface area (TPSA) is 33.0 Å². The van der Waals surface area contributed by atoms with Crippen LogP contribution < -0.4 is 4.74 Å². The number of rotatable bonds is 7. The highest BCUT2D eigenvalue weighted by Crippen LogP contribution is 2.30. The van der Waals surface area contributed by atoms with Crippen LogP contribution in [-0.4, -0.2) is 6.61 Å². The van der Waals surface area contributed by atoms with Crippen molar-refractivity contribution in [1.82, 2.24) is 0 Å². The number of hydrogen-bond acceptors (Lipinski definition) is 2. The first-order chi connectivity index (χ1) is 9.39. The lowest BCUT2D eigenvalue weighted by atomic mass is 9.89. The summed E-state index contributed by atoms with van der Waals surface area (Å²) in [5.74, 6) is 0.976. The molecule has 0 saturated carbocycles. The van der Waals surface area contributed by atoms with E-state index in [9.17, 15) is 0 Å². The van der Waals surface area contributed by atoms with Crippen LogP contribution in [-0.2, 0) is 5.33 Å². The van der Waals surface area contributed by atoms with Gasteiger partial charge in [-0.15, -0.1) is 0 Å². The van der Waals surface area contributed by atoms with Gasteiger partial charge in [-0.2, -0.15) is 5.26 Å². The first kappa shape index (κ1) is 17.5. The zero-order valence-corrected chi connectivity index (χ0v) is 15.5. The van der Waals surface area contributed by atoms with Crippen molar-refractivity contribution < 1.29 is 4.74 Å². The van der Waals surface area contributed by atoms with E-state index in [1.807, 2.05) is 13.8 Å². The van der Waals surface area contributed by atoms with Crippen molar-refractivity contribution in [2.45, 2.75) is 45.4 Å². The van der Waals surface area contributed by atoms with E-state index in [1.165, 1.54) is 0 Å². The van der Waals surface area contributed by atoms with Crippen LogP contribution in [0, 0.1) is 23.7 Å². The smallest absolute Gasteiger partial charge is 0.126 e. The molecule has 0 amide bonds. The van der Waals surface area contributed by atoms with Gasteiger partial charge in [0.15, 0.2) is 0 Å². The van der Waals surface area contributed by atoms with Gasteiger partial charge >= 0.3 is 0 Å². The second-order valence-corrected chi connectivity index (χ2v) is 7.12. The number of benzene rings is 1. The molecule has 0 bridgehead atoms. The Hall–Kier alpha value is -0.530. The molecule has 0 radical (unpaired) electrons. The van der Waals surface area contributed by atoms with Crippen molar-refractivity contribution in [1.29, 1.82) is 5.26 Å². The molecular formula is C16H21Br2NO. The number of unbranched alkanes of at least 4 members (excludes halogenated alkanes) is 1. The second kappa shape index (κ2) is 8.05. The molecule has 0 aliphatic heterocycles. The van der Waals surface area contributed by atoms with Crippen LogP contribution in [0.3, 0.4) is 0 Å². The van der Waals surface area contributed by atoms with Crippen LogP contribution >= 0.6 is 31.9 Å². The molecule has 2 nitrogen and oxygen atoms in total. The van der Waals surface area contributed by atoms with Crippen LogP contribution in [0.15, 0.2) is 16.6 Å². The van der Waals surface area contributed by atoms with E-state index >= 15 is 0 Å². The van der Waals surface area contributed by atoms with E-state index < -0.39 is 0 Å². The molecule has 0 N–H and O–H groups in total. The molecule has 0 atom stereocenters. The third kappa shape index (κ3) is 5.46. The minimum Gasteiger partial charge on any atom is -0.493 e. The molecule has 0 aliphatic carbocycles. The number of nitriles is 1. The van der Waals surface area contributed by atoms with Gasteiger partial charge in [0, 0.05) is 15.4 Å². The number of alkyl halides is 1. The van der Waals surface area contributed by atoms with Gasteiger partial charge in [0.1, 0.15) is 5.75 Å². The summed E-state index contributed by atoms with van der Waals surface area (Å²) >= 11 is 7.00. The highest BCUT2D eigenvalue weighted by atomic mass is 79.9. The quantitative estimate of drug-likeness (QED) is 0.429. The van der Waals surface area contributed by atoms with Gasteiger partial charge in [0.2, 0.25) is 0 Å². The van der Waals surface area contributed by atoms with E-state index in [1.54, 1.807) is 0 Å². The molecule has 1 rings (SSSR count). The molecule has 0 heterocycles. The van der Waals surface area contributed by atoms with E-state index in [0.717, 1.165) is 45.9 Å². The normalized spacial score (nSPS) is 11.2. The molecule has 0 spiro atoms. The Morgan fingerprint density at radius 2 is 2.00 bits per heavy atom. The van der Waals surface area contributed by atoms with Crippen LogP contribution in [0.4, 0.5) is 0 Å². The van der Waals surface area contributed by atoms with Crippen LogP contribution in [0.5, 0.6) is 5.75 Å². The first-order valence-corrected chi connectivity index (χ1v) is 8.70. The van der Waals surface area contributed by atoms with Crippen molar-refractivity contribution in [3.05, 3.63) is 27.7 Å². The molecule has 1 aromatic carbocycles. The molecule has 0 aromatic heterocycles. The maximum absolute atomic E-state index is 8.97. The van der Waals surface area contributed by atoms with Gasteiger partial charge < -0.3 is 4.74 Å². The standard InChI is InChI=1S/C16H21Br2NO/c1-12-8-14(18)9-13(10-17)15(12)20-7-5-4-6-16(2,3)11-19/h8-9H,4-7,10H2,1-3H3. The fourth-order valence-corrected chi connectivity index (χ4v) is 3.04. The monoisotopic (exact) mass is 401 g/mol. The van der Waals surface area contributed by atoms with Crippen molar-refractivity contribution >= 4 is 31.9 Å². The van der Waals surface area contributed by atoms with Gasteiger partial charge in [0.25, 0.3) is 0 Å². The number of hydrogen-bond donors (Lipinski definition) is 0. The molecule has 0 unspecified atom stereocenters. The molecule has 1 aromatic rings. The zero-order valence-electron chi connectivity index (χ0n) is 12.3. The van der Waals surface area contributed by atoms with Gasteiger partial charge in [-0.1, -0.05) is 31.9 Å². The highest BCUT2D eigenvalue weighted by molar-refractivity contribution is 9.10. The van der Waals surface area contributed by atoms with Crippen LogP contribution in [0.1, 0.15) is 44.2 Å². The molecule has 110 valence electrons. The lowest BCUT2D eigenvalue weighted by Gasteiger charge is -2.16. The van der Waals surface area contributed by atoms with Crippen molar-refractivity contribution in [2.75, 3.05) is 6.61 Å². The van der Waals surface area contributed by atoms with E-state index in [0.29, 0.717) is 6.61 Å². The van der Waals surface area contributed by atoms with E-state index in [2.05, 4.69) is 57.0 Å². The summed E-state index contributed by atoms with van der Waals surface area (Å²) < 4.78 is 7.00. The first-order valence-electron chi connectivity index (χ1n) is 6.78. The summed E-state index contributed by atoms with van der Waals surface area (Å²) in [6, 6.07) is 6.48. The molecule has 0 saturated heterocycles. The van der Waals surface area contributed by atoms with Gasteiger partial charge in [-0.25, -0.2) is 0 Å². The van der Waals surface area contributed by atoms with Gasteiger partial charge in [-0.05, 0) is 57.7 Å². The average Bonchev–Trinajstić information content (AvgIpc) is 2.39. The summed E-state index contributed by atoms with van der Waals surface area (Å²) in [6.45, 7) is 6.72. The van der Waals surface area contributed by atoms with Gasteiger partial charge in [0.05, 0.1) is 18.1 Å². The zero-order chi connectivity index (χ0) is 15.2. The van der Waals surface area contributed by atoms with Crippen LogP contribution in [0.25, 0.3) is 0 Å². The third-order valence-corrected chi connectivity index (χ3v) is 4.27. The molecule has 0 aliphatic rings. The Balaban J connectivity index is 2.49. The molecular weight excluding hydrogens is 382 g/mol. The summed E-state index contributed by atoms with van der Waals surface area (Å²) in [4.78, 5) is 0. The number of halogens is 2. The predicted octanol–water partition coefficient (Wildman–Crippen LogP) is 5.75. The summed E-state index contributed by atoms with van der Waals surface area (Å²) in [6.07, 6.45) is 2.90. The summed E-state index contributed by atoms with van der Waals surface area (Å²) in [5.41, 5.74) is 2.08. The Kier molecular flexibility index (Phi) is 7.05. The minimum atomic E-state index is -0.228. The van der Waals surface area contributed by atoms with E-state index in [-0.39, 0.29) is 5.41 Å².